The van der Waals surface area contributed by atoms with Crippen LogP contribution in [0.5, 0.6) is 11.5 Å². The van der Waals surface area contributed by atoms with Crippen molar-refractivity contribution < 1.29 is 9.53 Å². The Morgan fingerprint density at radius 3 is 2.40 bits per heavy atom. The van der Waals surface area contributed by atoms with Crippen molar-refractivity contribution in [3.63, 3.8) is 0 Å². The molecule has 0 aliphatic carbocycles. The van der Waals surface area contributed by atoms with E-state index < -0.39 is 0 Å². The highest BCUT2D eigenvalue weighted by Gasteiger charge is 2.15. The molecular weight excluding hydrogens is 367 g/mol. The van der Waals surface area contributed by atoms with Gasteiger partial charge in [0.2, 0.25) is 0 Å². The van der Waals surface area contributed by atoms with Crippen molar-refractivity contribution in [3.05, 3.63) is 51.6 Å². The topological polar surface area (TPSA) is 55.6 Å². The largest absolute Gasteiger partial charge is 0.456 e. The van der Waals surface area contributed by atoms with Crippen LogP contribution in [0.25, 0.3) is 0 Å². The number of nitrogens with two attached hydrogens (primary N) is 1. The zero-order valence-electron chi connectivity index (χ0n) is 11.3. The lowest BCUT2D eigenvalue weighted by Gasteiger charge is -2.15. The van der Waals surface area contributed by atoms with E-state index in [1.807, 2.05) is 24.3 Å². The van der Waals surface area contributed by atoms with Crippen molar-refractivity contribution in [2.24, 2.45) is 0 Å². The normalized spacial score (nSPS) is 10.2. The number of carbonyl (C=O) groups excluding carboxylic acids is 1. The van der Waals surface area contributed by atoms with Gasteiger partial charge in [0.1, 0.15) is 11.5 Å². The van der Waals surface area contributed by atoms with Crippen LogP contribution in [-0.2, 0) is 0 Å². The van der Waals surface area contributed by atoms with E-state index in [9.17, 15) is 4.79 Å². The number of nitrogen functional groups attached to an aromatic ring is 1. The van der Waals surface area contributed by atoms with Gasteiger partial charge in [-0.15, -0.1) is 0 Å². The Hall–Kier alpha value is -1.76. The minimum absolute atomic E-state index is 0.120. The fourth-order valence-electron chi connectivity index (χ4n) is 1.67. The van der Waals surface area contributed by atoms with E-state index in [4.69, 9.17) is 10.5 Å². The smallest absolute Gasteiger partial charge is 0.257 e. The molecule has 0 spiro atoms. The summed E-state index contributed by atoms with van der Waals surface area (Å²) >= 11 is 2.22. The number of amides is 1. The molecule has 0 fully saturated rings. The van der Waals surface area contributed by atoms with Crippen LogP contribution in [0.15, 0.2) is 42.5 Å². The highest BCUT2D eigenvalue weighted by Crippen LogP contribution is 2.28. The van der Waals surface area contributed by atoms with Gasteiger partial charge in [-0.2, -0.15) is 0 Å². The first-order valence-corrected chi connectivity index (χ1v) is 7.10. The van der Waals surface area contributed by atoms with Gasteiger partial charge in [-0.1, -0.05) is 0 Å². The van der Waals surface area contributed by atoms with Crippen molar-refractivity contribution >= 4 is 34.2 Å². The fraction of sp³-hybridized carbons (Fsp3) is 0.133. The van der Waals surface area contributed by atoms with Crippen LogP contribution in [0, 0.1) is 3.57 Å². The molecule has 2 aromatic rings. The molecule has 2 N–H and O–H groups in total. The SMILES string of the molecule is CN(C)C(=O)c1ccc(N)cc1Oc1ccc(I)cc1. The van der Waals surface area contributed by atoms with Crippen molar-refractivity contribution in [2.75, 3.05) is 19.8 Å². The molecule has 4 nitrogen and oxygen atoms in total. The Kier molecular flexibility index (Phi) is 4.49. The van der Waals surface area contributed by atoms with Crippen molar-refractivity contribution in [1.82, 2.24) is 4.90 Å². The number of hydrogen-bond acceptors (Lipinski definition) is 3. The first kappa shape index (κ1) is 14.6. The van der Waals surface area contributed by atoms with E-state index in [-0.39, 0.29) is 5.91 Å². The van der Waals surface area contributed by atoms with Gasteiger partial charge in [-0.3, -0.25) is 4.79 Å². The van der Waals surface area contributed by atoms with Gasteiger partial charge in [0.15, 0.2) is 0 Å². The Morgan fingerprint density at radius 1 is 1.15 bits per heavy atom. The number of nitrogens with zero attached hydrogens (tertiary/aromatic N) is 1. The number of anilines is 1. The van der Waals surface area contributed by atoms with Crippen LogP contribution in [0.4, 0.5) is 5.69 Å². The molecular formula is C15H15IN2O2. The van der Waals surface area contributed by atoms with Crippen LogP contribution in [0.3, 0.4) is 0 Å². The lowest BCUT2D eigenvalue weighted by molar-refractivity contribution is 0.0825. The summed E-state index contributed by atoms with van der Waals surface area (Å²) < 4.78 is 6.90. The maximum atomic E-state index is 12.1. The summed E-state index contributed by atoms with van der Waals surface area (Å²) in [5, 5.41) is 0. The molecule has 20 heavy (non-hydrogen) atoms. The third-order valence-corrected chi connectivity index (χ3v) is 3.40. The summed E-state index contributed by atoms with van der Waals surface area (Å²) in [7, 11) is 3.40. The lowest BCUT2D eigenvalue weighted by atomic mass is 10.1. The molecule has 2 aromatic carbocycles. The second-order valence-electron chi connectivity index (χ2n) is 4.51. The molecule has 104 valence electrons. The Bertz CT molecular complexity index is 624. The molecule has 0 heterocycles. The molecule has 1 amide bonds. The summed E-state index contributed by atoms with van der Waals surface area (Å²) in [6.07, 6.45) is 0. The number of benzene rings is 2. The van der Waals surface area contributed by atoms with Crippen LogP contribution >= 0.6 is 22.6 Å². The van der Waals surface area contributed by atoms with Crippen LogP contribution < -0.4 is 10.5 Å². The second kappa shape index (κ2) is 6.13. The summed E-state index contributed by atoms with van der Waals surface area (Å²) in [5.41, 5.74) is 6.82. The molecule has 0 saturated carbocycles. The van der Waals surface area contributed by atoms with E-state index in [1.165, 1.54) is 4.90 Å². The van der Waals surface area contributed by atoms with Gasteiger partial charge in [0.05, 0.1) is 5.56 Å². The van der Waals surface area contributed by atoms with Crippen molar-refractivity contribution in [2.45, 2.75) is 0 Å². The predicted octanol–water partition coefficient (Wildman–Crippen LogP) is 3.37. The molecule has 0 aliphatic rings. The molecule has 2 rings (SSSR count). The molecule has 5 heteroatoms. The number of rotatable bonds is 3. The minimum Gasteiger partial charge on any atom is -0.456 e. The molecule has 0 radical (unpaired) electrons. The van der Waals surface area contributed by atoms with Gasteiger partial charge in [-0.05, 0) is 59.0 Å². The van der Waals surface area contributed by atoms with Crippen LogP contribution in [0.1, 0.15) is 10.4 Å². The Balaban J connectivity index is 2.37. The summed E-state index contributed by atoms with van der Waals surface area (Å²) in [6, 6.07) is 12.6. The van der Waals surface area contributed by atoms with E-state index >= 15 is 0 Å². The monoisotopic (exact) mass is 382 g/mol. The summed E-state index contributed by atoms with van der Waals surface area (Å²) in [6.45, 7) is 0. The fourth-order valence-corrected chi connectivity index (χ4v) is 2.03. The zero-order valence-corrected chi connectivity index (χ0v) is 13.4. The standard InChI is InChI=1S/C15H15IN2O2/c1-18(2)15(19)13-8-5-11(17)9-14(13)20-12-6-3-10(16)4-7-12/h3-9H,17H2,1-2H3. The maximum Gasteiger partial charge on any atom is 0.257 e. The average Bonchev–Trinajstić information content (AvgIpc) is 2.41. The van der Waals surface area contributed by atoms with Gasteiger partial charge in [0.25, 0.3) is 5.91 Å². The first-order valence-electron chi connectivity index (χ1n) is 6.02. The van der Waals surface area contributed by atoms with Crippen LogP contribution in [0.2, 0.25) is 0 Å². The average molecular weight is 382 g/mol. The second-order valence-corrected chi connectivity index (χ2v) is 5.76. The van der Waals surface area contributed by atoms with Gasteiger partial charge < -0.3 is 15.4 Å². The molecule has 0 aromatic heterocycles. The van der Waals surface area contributed by atoms with Gasteiger partial charge in [0, 0.05) is 29.4 Å². The quantitative estimate of drug-likeness (QED) is 0.654. The first-order chi connectivity index (χ1) is 9.47. The van der Waals surface area contributed by atoms with E-state index in [0.717, 1.165) is 3.57 Å². The molecule has 0 unspecified atom stereocenters. The molecule has 0 bridgehead atoms. The molecule has 0 saturated heterocycles. The van der Waals surface area contributed by atoms with Crippen molar-refractivity contribution in [1.29, 1.82) is 0 Å². The minimum atomic E-state index is -0.120. The third kappa shape index (κ3) is 3.41. The Morgan fingerprint density at radius 2 is 1.80 bits per heavy atom. The zero-order chi connectivity index (χ0) is 14.7. The summed E-state index contributed by atoms with van der Waals surface area (Å²) in [5.74, 6) is 1.01. The highest BCUT2D eigenvalue weighted by atomic mass is 127. The number of halogens is 1. The van der Waals surface area contributed by atoms with Crippen molar-refractivity contribution in [3.8, 4) is 11.5 Å². The maximum absolute atomic E-state index is 12.1. The summed E-state index contributed by atoms with van der Waals surface area (Å²) in [4.78, 5) is 13.6. The van der Waals surface area contributed by atoms with E-state index in [1.54, 1.807) is 32.3 Å². The van der Waals surface area contributed by atoms with Gasteiger partial charge in [-0.25, -0.2) is 0 Å². The highest BCUT2D eigenvalue weighted by molar-refractivity contribution is 14.1. The number of carbonyl (C=O) groups is 1. The van der Waals surface area contributed by atoms with Crippen LogP contribution in [-0.4, -0.2) is 24.9 Å². The Labute approximate surface area is 131 Å². The number of ether oxygens (including phenoxy) is 1. The third-order valence-electron chi connectivity index (χ3n) is 2.68. The molecule has 0 atom stereocenters. The van der Waals surface area contributed by atoms with Gasteiger partial charge >= 0.3 is 0 Å². The number of hydrogen-bond donors (Lipinski definition) is 1. The lowest BCUT2D eigenvalue weighted by Crippen LogP contribution is -2.22. The predicted molar refractivity (Wildman–Crippen MR) is 88.1 cm³/mol. The molecule has 0 aliphatic heterocycles. The van der Waals surface area contributed by atoms with E-state index in [2.05, 4.69) is 22.6 Å². The van der Waals surface area contributed by atoms with E-state index in [0.29, 0.717) is 22.7 Å².